The Bertz CT molecular complexity index is 1360. The smallest absolute Gasteiger partial charge is 0.258 e. The largest absolute Gasteiger partial charge is 0.497 e. The van der Waals surface area contributed by atoms with Gasteiger partial charge in [-0.05, 0) is 44.0 Å². The number of methoxy groups -OCH3 is 1. The van der Waals surface area contributed by atoms with Crippen molar-refractivity contribution in [3.05, 3.63) is 70.5 Å². The predicted molar refractivity (Wildman–Crippen MR) is 139 cm³/mol. The van der Waals surface area contributed by atoms with Crippen molar-refractivity contribution in [2.45, 2.75) is 62.0 Å². The summed E-state index contributed by atoms with van der Waals surface area (Å²) in [6, 6.07) is 15.7. The fourth-order valence-corrected chi connectivity index (χ4v) is 5.63. The first-order valence-electron chi connectivity index (χ1n) is 12.1. The number of hydrogen-bond donors (Lipinski definition) is 2. The Morgan fingerprint density at radius 1 is 1.14 bits per heavy atom. The zero-order valence-electron chi connectivity index (χ0n) is 20.0. The van der Waals surface area contributed by atoms with E-state index in [1.807, 2.05) is 49.4 Å². The van der Waals surface area contributed by atoms with E-state index >= 15 is 0 Å². The molecule has 2 heterocycles. The second kappa shape index (κ2) is 10.5. The summed E-state index contributed by atoms with van der Waals surface area (Å²) >= 11 is 1.59. The van der Waals surface area contributed by atoms with Gasteiger partial charge in [-0.2, -0.15) is 0 Å². The number of ether oxygens (including phenoxy) is 1. The Morgan fingerprint density at radius 3 is 2.80 bits per heavy atom. The minimum Gasteiger partial charge on any atom is -0.497 e. The summed E-state index contributed by atoms with van der Waals surface area (Å²) in [5.74, 6) is 2.37. The first-order valence-corrected chi connectivity index (χ1v) is 13.0. The molecule has 35 heavy (non-hydrogen) atoms. The zero-order chi connectivity index (χ0) is 24.2. The molecule has 0 aliphatic heterocycles. The molecule has 1 aliphatic carbocycles. The third-order valence-electron chi connectivity index (χ3n) is 6.49. The highest BCUT2D eigenvalue weighted by atomic mass is 32.2. The fraction of sp³-hybridized carbons (Fsp3) is 0.385. The number of nitrogens with zero attached hydrogens (tertiary/aromatic N) is 4. The Morgan fingerprint density at radius 2 is 1.97 bits per heavy atom. The van der Waals surface area contributed by atoms with Crippen LogP contribution in [-0.4, -0.2) is 31.8 Å². The fourth-order valence-electron chi connectivity index (χ4n) is 4.64. The van der Waals surface area contributed by atoms with Gasteiger partial charge >= 0.3 is 0 Å². The molecule has 2 aromatic carbocycles. The van der Waals surface area contributed by atoms with Gasteiger partial charge in [0.05, 0.1) is 29.8 Å². The van der Waals surface area contributed by atoms with Crippen molar-refractivity contribution in [1.29, 1.82) is 0 Å². The minimum absolute atomic E-state index is 0.0851. The molecule has 0 spiro atoms. The molecule has 182 valence electrons. The van der Waals surface area contributed by atoms with Gasteiger partial charge in [0, 0.05) is 17.8 Å². The number of fused-ring (bicyclic) bond motifs is 1. The van der Waals surface area contributed by atoms with E-state index in [0.29, 0.717) is 29.3 Å². The van der Waals surface area contributed by atoms with Crippen LogP contribution in [0.15, 0.2) is 58.5 Å². The minimum atomic E-state index is -0.116. The maximum Gasteiger partial charge on any atom is 0.258 e. The molecule has 5 rings (SSSR count). The molecule has 4 aromatic rings. The Balaban J connectivity index is 1.41. The van der Waals surface area contributed by atoms with Crippen LogP contribution in [0.2, 0.25) is 0 Å². The van der Waals surface area contributed by atoms with Crippen molar-refractivity contribution in [1.82, 2.24) is 24.7 Å². The van der Waals surface area contributed by atoms with Crippen LogP contribution in [0, 0.1) is 0 Å². The predicted octanol–water partition coefficient (Wildman–Crippen LogP) is 5.49. The average molecular weight is 491 g/mol. The van der Waals surface area contributed by atoms with E-state index in [4.69, 9.17) is 9.72 Å². The van der Waals surface area contributed by atoms with Crippen molar-refractivity contribution in [3.63, 3.8) is 0 Å². The zero-order valence-corrected chi connectivity index (χ0v) is 20.8. The van der Waals surface area contributed by atoms with Crippen molar-refractivity contribution < 1.29 is 4.74 Å². The SMILES string of the molecule is COc1cccc(NCc2nnc(S[C@@H](C)c3nc4ccccc4c(=O)[nH]3)n2C2CCCCC2)c1. The maximum absolute atomic E-state index is 12.6. The van der Waals surface area contributed by atoms with Gasteiger partial charge in [0.2, 0.25) is 0 Å². The number of aromatic nitrogens is 5. The van der Waals surface area contributed by atoms with Gasteiger partial charge in [-0.3, -0.25) is 4.79 Å². The summed E-state index contributed by atoms with van der Waals surface area (Å²) in [7, 11) is 1.67. The van der Waals surface area contributed by atoms with E-state index in [1.165, 1.54) is 19.3 Å². The van der Waals surface area contributed by atoms with E-state index in [9.17, 15) is 4.79 Å². The van der Waals surface area contributed by atoms with E-state index in [1.54, 1.807) is 24.9 Å². The maximum atomic E-state index is 12.6. The first-order chi connectivity index (χ1) is 17.1. The number of benzene rings is 2. The lowest BCUT2D eigenvalue weighted by Crippen LogP contribution is -2.19. The summed E-state index contributed by atoms with van der Waals surface area (Å²) in [4.78, 5) is 20.3. The van der Waals surface area contributed by atoms with Gasteiger partial charge in [0.1, 0.15) is 11.6 Å². The molecule has 1 aliphatic rings. The molecule has 0 radical (unpaired) electrons. The molecule has 2 aromatic heterocycles. The van der Waals surface area contributed by atoms with Crippen molar-refractivity contribution in [3.8, 4) is 5.75 Å². The Labute approximate surface area is 208 Å². The molecular weight excluding hydrogens is 460 g/mol. The van der Waals surface area contributed by atoms with Crippen LogP contribution in [0.25, 0.3) is 10.9 Å². The molecule has 8 nitrogen and oxygen atoms in total. The van der Waals surface area contributed by atoms with Crippen LogP contribution in [0.3, 0.4) is 0 Å². The summed E-state index contributed by atoms with van der Waals surface area (Å²) in [5, 5.41) is 14.0. The number of aromatic amines is 1. The molecule has 1 saturated carbocycles. The van der Waals surface area contributed by atoms with Gasteiger partial charge < -0.3 is 19.6 Å². The van der Waals surface area contributed by atoms with Crippen molar-refractivity contribution in [2.24, 2.45) is 0 Å². The molecule has 0 amide bonds. The first kappa shape index (κ1) is 23.4. The highest BCUT2D eigenvalue weighted by Crippen LogP contribution is 2.37. The van der Waals surface area contributed by atoms with Gasteiger partial charge in [-0.25, -0.2) is 4.98 Å². The van der Waals surface area contributed by atoms with Crippen LogP contribution in [0.1, 0.15) is 62.0 Å². The lowest BCUT2D eigenvalue weighted by Gasteiger charge is -2.26. The highest BCUT2D eigenvalue weighted by molar-refractivity contribution is 7.99. The average Bonchev–Trinajstić information content (AvgIpc) is 3.30. The number of nitrogens with one attached hydrogen (secondary N) is 2. The number of thioether (sulfide) groups is 1. The van der Waals surface area contributed by atoms with Gasteiger partial charge in [0.25, 0.3) is 5.56 Å². The van der Waals surface area contributed by atoms with Crippen LogP contribution < -0.4 is 15.6 Å². The lowest BCUT2D eigenvalue weighted by molar-refractivity contribution is 0.330. The Hall–Kier alpha value is -3.33. The summed E-state index contributed by atoms with van der Waals surface area (Å²) in [6.45, 7) is 2.61. The monoisotopic (exact) mass is 490 g/mol. The number of H-pyrrole nitrogens is 1. The molecular formula is C26H30N6O2S. The molecule has 2 N–H and O–H groups in total. The number of hydrogen-bond acceptors (Lipinski definition) is 7. The molecule has 0 unspecified atom stereocenters. The van der Waals surface area contributed by atoms with Crippen LogP contribution in [0.5, 0.6) is 5.75 Å². The topological polar surface area (TPSA) is 97.7 Å². The van der Waals surface area contributed by atoms with Crippen molar-refractivity contribution >= 4 is 28.4 Å². The van der Waals surface area contributed by atoms with Gasteiger partial charge in [-0.15, -0.1) is 10.2 Å². The van der Waals surface area contributed by atoms with E-state index in [2.05, 4.69) is 25.1 Å². The molecule has 1 atom stereocenters. The number of para-hydroxylation sites is 1. The second-order valence-electron chi connectivity index (χ2n) is 8.87. The molecule has 1 fully saturated rings. The van der Waals surface area contributed by atoms with E-state index < -0.39 is 0 Å². The third kappa shape index (κ3) is 5.19. The molecule has 0 saturated heterocycles. The quantitative estimate of drug-likeness (QED) is 0.315. The summed E-state index contributed by atoms with van der Waals surface area (Å²) in [5.41, 5.74) is 1.56. The summed E-state index contributed by atoms with van der Waals surface area (Å²) in [6.07, 6.45) is 5.95. The number of anilines is 1. The van der Waals surface area contributed by atoms with Crippen molar-refractivity contribution in [2.75, 3.05) is 12.4 Å². The van der Waals surface area contributed by atoms with E-state index in [-0.39, 0.29) is 10.8 Å². The summed E-state index contributed by atoms with van der Waals surface area (Å²) < 4.78 is 7.64. The molecule has 0 bridgehead atoms. The van der Waals surface area contributed by atoms with E-state index in [0.717, 1.165) is 35.3 Å². The normalized spacial score (nSPS) is 15.3. The highest BCUT2D eigenvalue weighted by Gasteiger charge is 2.25. The Kier molecular flexibility index (Phi) is 7.03. The lowest BCUT2D eigenvalue weighted by atomic mass is 9.95. The van der Waals surface area contributed by atoms with Crippen LogP contribution >= 0.6 is 11.8 Å². The van der Waals surface area contributed by atoms with Gasteiger partial charge in [-0.1, -0.05) is 49.2 Å². The second-order valence-corrected chi connectivity index (χ2v) is 10.2. The van der Waals surface area contributed by atoms with Crippen LogP contribution in [-0.2, 0) is 6.54 Å². The third-order valence-corrected chi connectivity index (χ3v) is 7.56. The standard InChI is InChI=1S/C26H30N6O2S/c1-17(24-28-22-14-7-6-13-21(22)25(33)29-24)35-26-31-30-23(32(26)19-10-4-3-5-11-19)16-27-18-9-8-12-20(15-18)34-2/h6-9,12-15,17,19,27H,3-5,10-11,16H2,1-2H3,(H,28,29,33)/t17-/m0/s1. The van der Waals surface area contributed by atoms with Gasteiger partial charge in [0.15, 0.2) is 11.0 Å². The molecule has 9 heteroatoms. The van der Waals surface area contributed by atoms with Crippen LogP contribution in [0.4, 0.5) is 5.69 Å². The number of rotatable bonds is 8.